The van der Waals surface area contributed by atoms with E-state index in [0.29, 0.717) is 0 Å². The zero-order valence-corrected chi connectivity index (χ0v) is 15.0. The standard InChI is InChI=1S/C13H21BrN4O2S/c1-13(2,3)20-12(19)15-9-5-4-7-18(8-6-9)11-17-16-10(14)21-11/h9H,4-8H2,1-3H3,(H,15,19). The van der Waals surface area contributed by atoms with Crippen LogP contribution in [0.4, 0.5) is 9.93 Å². The third-order valence-corrected chi connectivity index (χ3v) is 4.53. The van der Waals surface area contributed by atoms with Gasteiger partial charge in [0.2, 0.25) is 5.13 Å². The summed E-state index contributed by atoms with van der Waals surface area (Å²) in [6, 6.07) is 0.154. The first-order valence-corrected chi connectivity index (χ1v) is 8.68. The van der Waals surface area contributed by atoms with Crippen molar-refractivity contribution in [1.82, 2.24) is 15.5 Å². The van der Waals surface area contributed by atoms with Crippen molar-refractivity contribution in [3.63, 3.8) is 0 Å². The third kappa shape index (κ3) is 5.43. The highest BCUT2D eigenvalue weighted by atomic mass is 79.9. The number of aromatic nitrogens is 2. The number of hydrogen-bond acceptors (Lipinski definition) is 6. The lowest BCUT2D eigenvalue weighted by Crippen LogP contribution is -2.39. The van der Waals surface area contributed by atoms with E-state index in [9.17, 15) is 4.79 Å². The van der Waals surface area contributed by atoms with Crippen LogP contribution in [0.1, 0.15) is 40.0 Å². The molecule has 2 rings (SSSR count). The Hall–Kier alpha value is -0.890. The van der Waals surface area contributed by atoms with Gasteiger partial charge in [-0.15, -0.1) is 10.2 Å². The van der Waals surface area contributed by atoms with Gasteiger partial charge in [-0.2, -0.15) is 0 Å². The van der Waals surface area contributed by atoms with Crippen LogP contribution in [0.5, 0.6) is 0 Å². The van der Waals surface area contributed by atoms with E-state index in [1.54, 1.807) is 0 Å². The number of carbonyl (C=O) groups excluding carboxylic acids is 1. The van der Waals surface area contributed by atoms with E-state index in [1.165, 1.54) is 11.3 Å². The van der Waals surface area contributed by atoms with Gasteiger partial charge in [-0.05, 0) is 56.0 Å². The summed E-state index contributed by atoms with van der Waals surface area (Å²) in [5.74, 6) is 0. The first-order valence-electron chi connectivity index (χ1n) is 7.07. The lowest BCUT2D eigenvalue weighted by Gasteiger charge is -2.23. The van der Waals surface area contributed by atoms with Crippen molar-refractivity contribution in [2.24, 2.45) is 0 Å². The summed E-state index contributed by atoms with van der Waals surface area (Å²) < 4.78 is 6.10. The van der Waals surface area contributed by atoms with Crippen LogP contribution in [0.3, 0.4) is 0 Å². The number of ether oxygens (including phenoxy) is 1. The molecule has 1 unspecified atom stereocenters. The highest BCUT2D eigenvalue weighted by molar-refractivity contribution is 9.11. The monoisotopic (exact) mass is 376 g/mol. The maximum absolute atomic E-state index is 11.8. The second-order valence-corrected chi connectivity index (χ2v) is 8.33. The van der Waals surface area contributed by atoms with Gasteiger partial charge < -0.3 is 15.0 Å². The van der Waals surface area contributed by atoms with Crippen molar-refractivity contribution in [3.05, 3.63) is 3.92 Å². The summed E-state index contributed by atoms with van der Waals surface area (Å²) in [5.41, 5.74) is -0.459. The van der Waals surface area contributed by atoms with Crippen molar-refractivity contribution in [2.75, 3.05) is 18.0 Å². The van der Waals surface area contributed by atoms with Crippen molar-refractivity contribution >= 4 is 38.5 Å². The molecule has 1 aromatic rings. The summed E-state index contributed by atoms with van der Waals surface area (Å²) in [5, 5.41) is 12.0. The normalized spacial score (nSPS) is 20.0. The van der Waals surface area contributed by atoms with E-state index in [4.69, 9.17) is 4.74 Å². The van der Waals surface area contributed by atoms with Crippen LogP contribution >= 0.6 is 27.3 Å². The topological polar surface area (TPSA) is 67.3 Å². The minimum absolute atomic E-state index is 0.154. The minimum Gasteiger partial charge on any atom is -0.444 e. The van der Waals surface area contributed by atoms with Crippen LogP contribution in [0.2, 0.25) is 0 Å². The molecule has 0 aliphatic carbocycles. The maximum Gasteiger partial charge on any atom is 0.407 e. The smallest absolute Gasteiger partial charge is 0.407 e. The highest BCUT2D eigenvalue weighted by Crippen LogP contribution is 2.26. The maximum atomic E-state index is 11.8. The predicted molar refractivity (Wildman–Crippen MR) is 86.8 cm³/mol. The van der Waals surface area contributed by atoms with E-state index in [1.807, 2.05) is 20.8 Å². The van der Waals surface area contributed by atoms with Gasteiger partial charge in [0.1, 0.15) is 5.60 Å². The van der Waals surface area contributed by atoms with Crippen molar-refractivity contribution < 1.29 is 9.53 Å². The van der Waals surface area contributed by atoms with Gasteiger partial charge in [0.15, 0.2) is 3.92 Å². The number of rotatable bonds is 2. The number of halogens is 1. The molecule has 21 heavy (non-hydrogen) atoms. The molecule has 1 aliphatic rings. The van der Waals surface area contributed by atoms with E-state index < -0.39 is 5.60 Å². The number of anilines is 1. The largest absolute Gasteiger partial charge is 0.444 e. The quantitative estimate of drug-likeness (QED) is 0.858. The molecule has 6 nitrogen and oxygen atoms in total. The zero-order valence-electron chi connectivity index (χ0n) is 12.6. The molecule has 2 heterocycles. The second kappa shape index (κ2) is 6.91. The summed E-state index contributed by atoms with van der Waals surface area (Å²) in [4.78, 5) is 14.0. The molecule has 118 valence electrons. The molecular weight excluding hydrogens is 356 g/mol. The molecular formula is C13H21BrN4O2S. The second-order valence-electron chi connectivity index (χ2n) is 6.10. The number of amides is 1. The van der Waals surface area contributed by atoms with Crippen LogP contribution in [0.25, 0.3) is 0 Å². The molecule has 1 atom stereocenters. The minimum atomic E-state index is -0.459. The number of nitrogens with one attached hydrogen (secondary N) is 1. The van der Waals surface area contributed by atoms with Crippen LogP contribution < -0.4 is 10.2 Å². The van der Waals surface area contributed by atoms with Gasteiger partial charge in [0, 0.05) is 19.1 Å². The average molecular weight is 377 g/mol. The van der Waals surface area contributed by atoms with Crippen molar-refractivity contribution in [2.45, 2.75) is 51.7 Å². The first kappa shape index (κ1) is 16.5. The summed E-state index contributed by atoms with van der Waals surface area (Å²) >= 11 is 4.87. The molecule has 0 saturated carbocycles. The van der Waals surface area contributed by atoms with E-state index >= 15 is 0 Å². The highest BCUT2D eigenvalue weighted by Gasteiger charge is 2.23. The molecule has 1 N–H and O–H groups in total. The van der Waals surface area contributed by atoms with Crippen LogP contribution in [0.15, 0.2) is 3.92 Å². The Labute approximate surface area is 137 Å². The molecule has 1 amide bonds. The van der Waals surface area contributed by atoms with Crippen LogP contribution in [-0.4, -0.2) is 41.0 Å². The first-order chi connectivity index (χ1) is 9.83. The Bertz CT molecular complexity index is 489. The fourth-order valence-electron chi connectivity index (χ4n) is 2.23. The van der Waals surface area contributed by atoms with E-state index in [2.05, 4.69) is 36.3 Å². The zero-order chi connectivity index (χ0) is 15.5. The molecule has 1 saturated heterocycles. The lowest BCUT2D eigenvalue weighted by atomic mass is 10.1. The van der Waals surface area contributed by atoms with Crippen LogP contribution in [-0.2, 0) is 4.74 Å². The lowest BCUT2D eigenvalue weighted by molar-refractivity contribution is 0.0501. The van der Waals surface area contributed by atoms with Gasteiger partial charge in [0.05, 0.1) is 0 Å². The fraction of sp³-hybridized carbons (Fsp3) is 0.769. The molecule has 1 aliphatic heterocycles. The third-order valence-electron chi connectivity index (χ3n) is 3.11. The molecule has 1 fully saturated rings. The van der Waals surface area contributed by atoms with Gasteiger partial charge in [0.25, 0.3) is 0 Å². The van der Waals surface area contributed by atoms with Crippen LogP contribution in [0, 0.1) is 0 Å². The van der Waals surface area contributed by atoms with E-state index in [-0.39, 0.29) is 12.1 Å². The Balaban J connectivity index is 1.85. The van der Waals surface area contributed by atoms with Crippen molar-refractivity contribution in [3.8, 4) is 0 Å². The molecule has 0 bridgehead atoms. The molecule has 8 heteroatoms. The Kier molecular flexibility index (Phi) is 5.43. The fourth-order valence-corrected chi connectivity index (χ4v) is 3.37. The summed E-state index contributed by atoms with van der Waals surface area (Å²) in [6.07, 6.45) is 2.52. The Morgan fingerprint density at radius 2 is 2.14 bits per heavy atom. The van der Waals surface area contributed by atoms with Gasteiger partial charge in [-0.25, -0.2) is 4.79 Å². The number of nitrogens with zero attached hydrogens (tertiary/aromatic N) is 3. The van der Waals surface area contributed by atoms with Gasteiger partial charge in [-0.3, -0.25) is 0 Å². The van der Waals surface area contributed by atoms with E-state index in [0.717, 1.165) is 41.4 Å². The van der Waals surface area contributed by atoms with Gasteiger partial charge in [-0.1, -0.05) is 11.3 Å². The molecule has 0 radical (unpaired) electrons. The predicted octanol–water partition coefficient (Wildman–Crippen LogP) is 3.18. The summed E-state index contributed by atoms with van der Waals surface area (Å²) in [7, 11) is 0. The molecule has 0 aromatic carbocycles. The SMILES string of the molecule is CC(C)(C)OC(=O)NC1CCCN(c2nnc(Br)s2)CC1. The van der Waals surface area contributed by atoms with Crippen molar-refractivity contribution in [1.29, 1.82) is 0 Å². The Morgan fingerprint density at radius 1 is 1.38 bits per heavy atom. The Morgan fingerprint density at radius 3 is 2.76 bits per heavy atom. The number of carbonyl (C=O) groups is 1. The van der Waals surface area contributed by atoms with Gasteiger partial charge >= 0.3 is 6.09 Å². The average Bonchev–Trinajstić information content (AvgIpc) is 2.64. The number of alkyl carbamates (subject to hydrolysis) is 1. The molecule has 1 aromatic heterocycles. The number of hydrogen-bond donors (Lipinski definition) is 1. The molecule has 0 spiro atoms. The summed E-state index contributed by atoms with van der Waals surface area (Å²) in [6.45, 7) is 7.41.